The minimum Gasteiger partial charge on any atom is -0.349 e. The summed E-state index contributed by atoms with van der Waals surface area (Å²) < 4.78 is 0. The summed E-state index contributed by atoms with van der Waals surface area (Å²) in [4.78, 5) is 15.3. The lowest BCUT2D eigenvalue weighted by atomic mass is 10.4. The van der Waals surface area contributed by atoms with Crippen LogP contribution in [0.15, 0.2) is 10.9 Å². The molecule has 0 fully saturated rings. The van der Waals surface area contributed by atoms with Crippen LogP contribution in [-0.4, -0.2) is 30.5 Å². The highest BCUT2D eigenvalue weighted by molar-refractivity contribution is 7.07. The molecule has 0 aromatic carbocycles. The Morgan fingerprint density at radius 1 is 1.38 bits per heavy atom. The zero-order valence-electron chi connectivity index (χ0n) is 9.06. The van der Waals surface area contributed by atoms with Crippen molar-refractivity contribution < 1.29 is 4.79 Å². The number of hydrogen-bond acceptors (Lipinski definition) is 4. The van der Waals surface area contributed by atoms with Gasteiger partial charge in [0.1, 0.15) is 5.69 Å². The van der Waals surface area contributed by atoms with Gasteiger partial charge in [-0.05, 0) is 13.0 Å². The smallest absolute Gasteiger partial charge is 0.270 e. The molecule has 4 nitrogen and oxygen atoms in total. The van der Waals surface area contributed by atoms with E-state index in [4.69, 9.17) is 0 Å². The summed E-state index contributed by atoms with van der Waals surface area (Å²) in [6, 6.07) is 0. The van der Waals surface area contributed by atoms with E-state index in [2.05, 4.69) is 22.5 Å². The molecule has 1 aromatic rings. The topological polar surface area (TPSA) is 54.0 Å². The van der Waals surface area contributed by atoms with Gasteiger partial charge in [0.2, 0.25) is 0 Å². The number of amides is 1. The van der Waals surface area contributed by atoms with Crippen molar-refractivity contribution in [3.8, 4) is 0 Å². The van der Waals surface area contributed by atoms with Crippen molar-refractivity contribution in [2.24, 2.45) is 0 Å². The highest BCUT2D eigenvalue weighted by atomic mass is 35.5. The van der Waals surface area contributed by atoms with Gasteiger partial charge in [-0.1, -0.05) is 6.92 Å². The first-order valence-corrected chi connectivity index (χ1v) is 5.66. The van der Waals surface area contributed by atoms with Crippen molar-refractivity contribution >= 4 is 42.1 Å². The van der Waals surface area contributed by atoms with Crippen LogP contribution in [-0.2, 0) is 0 Å². The first kappa shape index (κ1) is 18.0. The lowest BCUT2D eigenvalue weighted by Crippen LogP contribution is -2.32. The second-order valence-corrected chi connectivity index (χ2v) is 3.60. The lowest BCUT2D eigenvalue weighted by molar-refractivity contribution is 0.0949. The highest BCUT2D eigenvalue weighted by Gasteiger charge is 2.05. The van der Waals surface area contributed by atoms with Gasteiger partial charge in [-0.3, -0.25) is 4.79 Å². The number of aromatic nitrogens is 1. The van der Waals surface area contributed by atoms with Crippen LogP contribution in [0.25, 0.3) is 0 Å². The van der Waals surface area contributed by atoms with Crippen LogP contribution in [0, 0.1) is 0 Å². The molecule has 0 aliphatic heterocycles. The number of thiazole rings is 1. The fourth-order valence-corrected chi connectivity index (χ4v) is 1.51. The molecule has 1 aromatic heterocycles. The molecule has 1 heterocycles. The standard InChI is InChI=1S/C9H15N3OS.2ClH/c1-2-3-10-4-5-11-9(13)8-6-14-7-12-8;;/h6-7,10H,2-5H2,1H3,(H,11,13);2*1H. The lowest BCUT2D eigenvalue weighted by Gasteiger charge is -2.03. The Morgan fingerprint density at radius 3 is 2.69 bits per heavy atom. The molecule has 0 saturated heterocycles. The maximum absolute atomic E-state index is 11.3. The minimum absolute atomic E-state index is 0. The van der Waals surface area contributed by atoms with Crippen molar-refractivity contribution in [1.29, 1.82) is 0 Å². The third-order valence-corrected chi connectivity index (χ3v) is 2.27. The molecule has 1 amide bonds. The van der Waals surface area contributed by atoms with Gasteiger partial charge in [-0.2, -0.15) is 0 Å². The van der Waals surface area contributed by atoms with Gasteiger partial charge in [-0.15, -0.1) is 36.2 Å². The fourth-order valence-electron chi connectivity index (χ4n) is 0.981. The molecule has 0 aliphatic rings. The number of nitrogens with zero attached hydrogens (tertiary/aromatic N) is 1. The summed E-state index contributed by atoms with van der Waals surface area (Å²) in [6.07, 6.45) is 1.11. The molecule has 1 rings (SSSR count). The van der Waals surface area contributed by atoms with Gasteiger partial charge in [0.15, 0.2) is 0 Å². The first-order chi connectivity index (χ1) is 6.84. The third-order valence-electron chi connectivity index (χ3n) is 1.68. The van der Waals surface area contributed by atoms with E-state index >= 15 is 0 Å². The Balaban J connectivity index is 0. The van der Waals surface area contributed by atoms with E-state index in [0.717, 1.165) is 19.5 Å². The van der Waals surface area contributed by atoms with Crippen molar-refractivity contribution in [3.63, 3.8) is 0 Å². The van der Waals surface area contributed by atoms with Crippen molar-refractivity contribution in [2.75, 3.05) is 19.6 Å². The molecule has 16 heavy (non-hydrogen) atoms. The zero-order chi connectivity index (χ0) is 10.2. The predicted octanol–water partition coefficient (Wildman–Crippen LogP) is 1.72. The molecule has 0 atom stereocenters. The second-order valence-electron chi connectivity index (χ2n) is 2.88. The second kappa shape index (κ2) is 11.1. The van der Waals surface area contributed by atoms with Gasteiger partial charge in [0, 0.05) is 18.5 Å². The Labute approximate surface area is 112 Å². The van der Waals surface area contributed by atoms with Crippen molar-refractivity contribution in [2.45, 2.75) is 13.3 Å². The Bertz CT molecular complexity index is 270. The minimum atomic E-state index is -0.0930. The molecule has 0 spiro atoms. The molecule has 0 bridgehead atoms. The Morgan fingerprint density at radius 2 is 2.12 bits per heavy atom. The molecule has 0 unspecified atom stereocenters. The van der Waals surface area contributed by atoms with Crippen LogP contribution in [0.3, 0.4) is 0 Å². The van der Waals surface area contributed by atoms with Crippen LogP contribution in [0.5, 0.6) is 0 Å². The maximum atomic E-state index is 11.3. The van der Waals surface area contributed by atoms with E-state index in [9.17, 15) is 4.79 Å². The van der Waals surface area contributed by atoms with Crippen LogP contribution >= 0.6 is 36.2 Å². The van der Waals surface area contributed by atoms with E-state index in [-0.39, 0.29) is 30.7 Å². The number of hydrogen-bond donors (Lipinski definition) is 2. The Kier molecular flexibility index (Phi) is 12.5. The quantitative estimate of drug-likeness (QED) is 0.783. The molecule has 7 heteroatoms. The van der Waals surface area contributed by atoms with Gasteiger partial charge in [0.05, 0.1) is 5.51 Å². The van der Waals surface area contributed by atoms with Gasteiger partial charge >= 0.3 is 0 Å². The van der Waals surface area contributed by atoms with E-state index in [1.165, 1.54) is 11.3 Å². The fraction of sp³-hybridized carbons (Fsp3) is 0.556. The van der Waals surface area contributed by atoms with E-state index in [0.29, 0.717) is 12.2 Å². The summed E-state index contributed by atoms with van der Waals surface area (Å²) in [5.41, 5.74) is 2.16. The van der Waals surface area contributed by atoms with Gasteiger partial charge < -0.3 is 10.6 Å². The summed E-state index contributed by atoms with van der Waals surface area (Å²) in [7, 11) is 0. The normalized spacial score (nSPS) is 8.81. The van der Waals surface area contributed by atoms with E-state index in [1.54, 1.807) is 10.9 Å². The maximum Gasteiger partial charge on any atom is 0.270 e. The highest BCUT2D eigenvalue weighted by Crippen LogP contribution is 1.99. The monoisotopic (exact) mass is 285 g/mol. The Hall–Kier alpha value is -0.360. The van der Waals surface area contributed by atoms with Crippen LogP contribution in [0.1, 0.15) is 23.8 Å². The number of carbonyl (C=O) groups excluding carboxylic acids is 1. The molecular weight excluding hydrogens is 269 g/mol. The molecule has 2 N–H and O–H groups in total. The van der Waals surface area contributed by atoms with Crippen LogP contribution < -0.4 is 10.6 Å². The molecule has 0 radical (unpaired) electrons. The van der Waals surface area contributed by atoms with E-state index in [1.807, 2.05) is 0 Å². The van der Waals surface area contributed by atoms with Crippen LogP contribution in [0.4, 0.5) is 0 Å². The molecule has 0 aliphatic carbocycles. The van der Waals surface area contributed by atoms with Gasteiger partial charge in [0.25, 0.3) is 5.91 Å². The average molecular weight is 286 g/mol. The summed E-state index contributed by atoms with van der Waals surface area (Å²) in [5, 5.41) is 7.73. The predicted molar refractivity (Wildman–Crippen MR) is 72.1 cm³/mol. The zero-order valence-corrected chi connectivity index (χ0v) is 11.5. The summed E-state index contributed by atoms with van der Waals surface area (Å²) in [5.74, 6) is -0.0930. The van der Waals surface area contributed by atoms with E-state index < -0.39 is 0 Å². The van der Waals surface area contributed by atoms with Gasteiger partial charge in [-0.25, -0.2) is 4.98 Å². The number of nitrogens with one attached hydrogen (secondary N) is 2. The molecular formula is C9H17Cl2N3OS. The number of carbonyl (C=O) groups is 1. The number of halogens is 2. The molecule has 94 valence electrons. The average Bonchev–Trinajstić information content (AvgIpc) is 2.70. The van der Waals surface area contributed by atoms with Crippen molar-refractivity contribution in [1.82, 2.24) is 15.6 Å². The third kappa shape index (κ3) is 7.00. The summed E-state index contributed by atoms with van der Waals surface area (Å²) >= 11 is 1.43. The summed E-state index contributed by atoms with van der Waals surface area (Å²) in [6.45, 7) is 4.56. The van der Waals surface area contributed by atoms with Crippen LogP contribution in [0.2, 0.25) is 0 Å². The largest absolute Gasteiger partial charge is 0.349 e. The molecule has 0 saturated carbocycles. The SMILES string of the molecule is CCCNCCNC(=O)c1cscn1.Cl.Cl. The first-order valence-electron chi connectivity index (χ1n) is 4.71. The van der Waals surface area contributed by atoms with Crippen molar-refractivity contribution in [3.05, 3.63) is 16.6 Å². The number of rotatable bonds is 6.